The molecular formula is C17H17ClN6O. The summed E-state index contributed by atoms with van der Waals surface area (Å²) >= 11 is 6.12. The molecule has 1 aliphatic carbocycles. The van der Waals surface area contributed by atoms with E-state index in [2.05, 4.69) is 15.2 Å². The van der Waals surface area contributed by atoms with Gasteiger partial charge in [-0.1, -0.05) is 17.7 Å². The summed E-state index contributed by atoms with van der Waals surface area (Å²) in [6, 6.07) is 7.24. The molecule has 1 unspecified atom stereocenters. The first-order chi connectivity index (χ1) is 12.1. The molecule has 1 aliphatic rings. The van der Waals surface area contributed by atoms with Crippen LogP contribution in [0, 0.1) is 0 Å². The van der Waals surface area contributed by atoms with Crippen LogP contribution in [0.15, 0.2) is 41.7 Å². The van der Waals surface area contributed by atoms with Crippen LogP contribution in [0.4, 0.5) is 0 Å². The molecule has 0 saturated heterocycles. The topological polar surface area (TPSA) is 91.6 Å². The third kappa shape index (κ3) is 3.20. The number of benzene rings is 1. The predicted molar refractivity (Wildman–Crippen MR) is 94.0 cm³/mol. The zero-order chi connectivity index (χ0) is 17.4. The fourth-order valence-corrected chi connectivity index (χ4v) is 3.32. The van der Waals surface area contributed by atoms with Gasteiger partial charge in [0.25, 0.3) is 5.56 Å². The number of rotatable bonds is 3. The standard InChI is InChI=1S/C17H17ClN6O/c18-13-2-1-11(16(7-13)24-10-20-9-21-24)8-23-17(25)6-12-5-14(19)3-4-15(12)22-23/h1-2,6-7,9-10,14H,3-5,8,19H2. The Bertz CT molecular complexity index is 966. The Kier molecular flexibility index (Phi) is 4.10. The second-order valence-electron chi connectivity index (χ2n) is 6.23. The van der Waals surface area contributed by atoms with Crippen molar-refractivity contribution in [3.05, 3.63) is 69.1 Å². The third-order valence-electron chi connectivity index (χ3n) is 4.43. The Morgan fingerprint density at radius 1 is 1.32 bits per heavy atom. The van der Waals surface area contributed by atoms with Gasteiger partial charge in [0, 0.05) is 17.1 Å². The van der Waals surface area contributed by atoms with Gasteiger partial charge in [-0.2, -0.15) is 10.2 Å². The van der Waals surface area contributed by atoms with E-state index in [1.807, 2.05) is 6.07 Å². The highest BCUT2D eigenvalue weighted by atomic mass is 35.5. The first kappa shape index (κ1) is 16.0. The first-order valence-electron chi connectivity index (χ1n) is 8.09. The van der Waals surface area contributed by atoms with Crippen molar-refractivity contribution in [2.75, 3.05) is 0 Å². The van der Waals surface area contributed by atoms with Gasteiger partial charge in [0.1, 0.15) is 12.7 Å². The SMILES string of the molecule is NC1CCc2nn(Cc3ccc(Cl)cc3-n3cncn3)c(=O)cc2C1. The minimum absolute atomic E-state index is 0.111. The van der Waals surface area contributed by atoms with Gasteiger partial charge >= 0.3 is 0 Å². The summed E-state index contributed by atoms with van der Waals surface area (Å²) < 4.78 is 3.11. The fraction of sp³-hybridized carbons (Fsp3) is 0.294. The molecule has 0 radical (unpaired) electrons. The van der Waals surface area contributed by atoms with Gasteiger partial charge in [0.15, 0.2) is 0 Å². The summed E-state index contributed by atoms with van der Waals surface area (Å²) in [5.41, 5.74) is 9.44. The molecule has 1 atom stereocenters. The fourth-order valence-electron chi connectivity index (χ4n) is 3.15. The zero-order valence-corrected chi connectivity index (χ0v) is 14.2. The van der Waals surface area contributed by atoms with Crippen LogP contribution in [0.2, 0.25) is 5.02 Å². The third-order valence-corrected chi connectivity index (χ3v) is 4.67. The van der Waals surface area contributed by atoms with Crippen LogP contribution >= 0.6 is 11.6 Å². The van der Waals surface area contributed by atoms with Crippen molar-refractivity contribution in [2.24, 2.45) is 5.73 Å². The summed E-state index contributed by atoms with van der Waals surface area (Å²) in [4.78, 5) is 16.4. The highest BCUT2D eigenvalue weighted by molar-refractivity contribution is 6.30. The Morgan fingerprint density at radius 3 is 3.00 bits per heavy atom. The quantitative estimate of drug-likeness (QED) is 0.764. The van der Waals surface area contributed by atoms with E-state index in [0.29, 0.717) is 18.0 Å². The Hall–Kier alpha value is -2.51. The van der Waals surface area contributed by atoms with Crippen molar-refractivity contribution < 1.29 is 0 Å². The smallest absolute Gasteiger partial charge is 0.267 e. The van der Waals surface area contributed by atoms with Crippen LogP contribution < -0.4 is 11.3 Å². The molecule has 1 aromatic carbocycles. The average Bonchev–Trinajstić information content (AvgIpc) is 3.11. The summed E-state index contributed by atoms with van der Waals surface area (Å²) in [6.45, 7) is 0.338. The maximum atomic E-state index is 12.5. The van der Waals surface area contributed by atoms with Crippen LogP contribution in [0.3, 0.4) is 0 Å². The number of aromatic nitrogens is 5. The van der Waals surface area contributed by atoms with Crippen LogP contribution in [0.25, 0.3) is 5.69 Å². The van der Waals surface area contributed by atoms with Gasteiger partial charge in [0.05, 0.1) is 17.9 Å². The monoisotopic (exact) mass is 356 g/mol. The Morgan fingerprint density at radius 2 is 2.20 bits per heavy atom. The van der Waals surface area contributed by atoms with E-state index in [1.165, 1.54) is 11.0 Å². The van der Waals surface area contributed by atoms with Gasteiger partial charge in [-0.15, -0.1) is 0 Å². The molecule has 8 heteroatoms. The van der Waals surface area contributed by atoms with Gasteiger partial charge in [-0.25, -0.2) is 14.3 Å². The number of hydrogen-bond acceptors (Lipinski definition) is 5. The highest BCUT2D eigenvalue weighted by Crippen LogP contribution is 2.21. The number of nitrogens with two attached hydrogens (primary N) is 1. The van der Waals surface area contributed by atoms with E-state index in [-0.39, 0.29) is 11.6 Å². The van der Waals surface area contributed by atoms with Gasteiger partial charge in [-0.3, -0.25) is 4.79 Å². The van der Waals surface area contributed by atoms with Crippen LogP contribution in [-0.4, -0.2) is 30.6 Å². The number of nitrogens with zero attached hydrogens (tertiary/aromatic N) is 5. The maximum Gasteiger partial charge on any atom is 0.267 e. The van der Waals surface area contributed by atoms with E-state index < -0.39 is 0 Å². The number of fused-ring (bicyclic) bond motifs is 1. The molecule has 0 amide bonds. The van der Waals surface area contributed by atoms with E-state index in [9.17, 15) is 4.79 Å². The molecule has 25 heavy (non-hydrogen) atoms. The summed E-state index contributed by atoms with van der Waals surface area (Å²) in [6.07, 6.45) is 5.46. The van der Waals surface area contributed by atoms with Gasteiger partial charge in [-0.05, 0) is 42.5 Å². The van der Waals surface area contributed by atoms with Crippen molar-refractivity contribution in [1.82, 2.24) is 24.5 Å². The lowest BCUT2D eigenvalue weighted by molar-refractivity contribution is 0.529. The number of aryl methyl sites for hydroxylation is 1. The minimum Gasteiger partial charge on any atom is -0.327 e. The molecule has 2 N–H and O–H groups in total. The molecule has 0 spiro atoms. The molecule has 2 heterocycles. The van der Waals surface area contributed by atoms with E-state index in [1.54, 1.807) is 29.2 Å². The average molecular weight is 357 g/mol. The van der Waals surface area contributed by atoms with E-state index in [4.69, 9.17) is 17.3 Å². The first-order valence-corrected chi connectivity index (χ1v) is 8.47. The summed E-state index contributed by atoms with van der Waals surface area (Å²) in [5, 5.41) is 9.31. The second-order valence-corrected chi connectivity index (χ2v) is 6.66. The van der Waals surface area contributed by atoms with Crippen molar-refractivity contribution in [3.8, 4) is 5.69 Å². The Labute approximate surface area is 149 Å². The number of hydrogen-bond donors (Lipinski definition) is 1. The molecule has 0 saturated carbocycles. The molecule has 3 aromatic rings. The van der Waals surface area contributed by atoms with Crippen molar-refractivity contribution in [3.63, 3.8) is 0 Å². The lowest BCUT2D eigenvalue weighted by atomic mass is 9.93. The van der Waals surface area contributed by atoms with Gasteiger partial charge in [0.2, 0.25) is 0 Å². The number of halogens is 1. The molecular weight excluding hydrogens is 340 g/mol. The lowest BCUT2D eigenvalue weighted by Crippen LogP contribution is -2.33. The second kappa shape index (κ2) is 6.42. The molecule has 0 bridgehead atoms. The molecule has 128 valence electrons. The molecule has 4 rings (SSSR count). The Balaban J connectivity index is 1.73. The van der Waals surface area contributed by atoms with Crippen molar-refractivity contribution in [2.45, 2.75) is 31.8 Å². The van der Waals surface area contributed by atoms with Crippen LogP contribution in [0.5, 0.6) is 0 Å². The van der Waals surface area contributed by atoms with Crippen molar-refractivity contribution in [1.29, 1.82) is 0 Å². The highest BCUT2D eigenvalue weighted by Gasteiger charge is 2.19. The largest absolute Gasteiger partial charge is 0.327 e. The maximum absolute atomic E-state index is 12.5. The van der Waals surface area contributed by atoms with E-state index >= 15 is 0 Å². The molecule has 7 nitrogen and oxygen atoms in total. The summed E-state index contributed by atoms with van der Waals surface area (Å²) in [5.74, 6) is 0. The lowest BCUT2D eigenvalue weighted by Gasteiger charge is -2.21. The zero-order valence-electron chi connectivity index (χ0n) is 13.5. The van der Waals surface area contributed by atoms with Crippen molar-refractivity contribution >= 4 is 11.6 Å². The van der Waals surface area contributed by atoms with Crippen LogP contribution in [0.1, 0.15) is 23.2 Å². The normalized spacial score (nSPS) is 16.6. The molecule has 2 aromatic heterocycles. The summed E-state index contributed by atoms with van der Waals surface area (Å²) in [7, 11) is 0. The predicted octanol–water partition coefficient (Wildman–Crippen LogP) is 1.34. The van der Waals surface area contributed by atoms with Crippen LogP contribution in [-0.2, 0) is 19.4 Å². The van der Waals surface area contributed by atoms with Gasteiger partial charge < -0.3 is 5.73 Å². The van der Waals surface area contributed by atoms with E-state index in [0.717, 1.165) is 35.3 Å². The minimum atomic E-state index is -0.132. The molecule has 0 fully saturated rings. The molecule has 0 aliphatic heterocycles.